The van der Waals surface area contributed by atoms with E-state index in [0.717, 1.165) is 37.3 Å². The maximum atomic E-state index is 11.0. The molecule has 0 unspecified atom stereocenters. The second kappa shape index (κ2) is 8.74. The zero-order valence-corrected chi connectivity index (χ0v) is 24.4. The van der Waals surface area contributed by atoms with Crippen molar-refractivity contribution in [1.29, 1.82) is 0 Å². The van der Waals surface area contributed by atoms with Crippen molar-refractivity contribution < 1.29 is 5.11 Å². The Bertz CT molecular complexity index is 839. The van der Waals surface area contributed by atoms with Crippen LogP contribution in [0, 0.1) is 56.7 Å². The van der Waals surface area contributed by atoms with Gasteiger partial charge in [0.25, 0.3) is 0 Å². The largest absolute Gasteiger partial charge is 0.393 e. The zero-order valence-electron chi connectivity index (χ0n) is 23.7. The SMILES string of the molecule is C=C(C)[C@@H]1CC[C@]2(CNCCCl)CC[C@]3(C)[C@H](CC[C@@H]4[C@@]5(C)CC[C@H](O)C(C)(C)[C@@H]5CC[C@]43C)[C@@H]12. The smallest absolute Gasteiger partial charge is 0.0594 e. The van der Waals surface area contributed by atoms with E-state index in [-0.39, 0.29) is 11.5 Å². The Kier molecular flexibility index (Phi) is 6.63. The molecular formula is C32H54ClNO. The molecule has 2 nitrogen and oxygen atoms in total. The van der Waals surface area contributed by atoms with Gasteiger partial charge >= 0.3 is 0 Å². The molecule has 5 rings (SSSR count). The van der Waals surface area contributed by atoms with E-state index in [2.05, 4.69) is 53.4 Å². The molecule has 3 heteroatoms. The first kappa shape index (κ1) is 26.6. The molecule has 5 saturated carbocycles. The fourth-order valence-electron chi connectivity index (χ4n) is 12.0. The van der Waals surface area contributed by atoms with Crippen LogP contribution < -0.4 is 5.32 Å². The summed E-state index contributed by atoms with van der Waals surface area (Å²) in [6.07, 6.45) is 13.0. The van der Waals surface area contributed by atoms with Crippen molar-refractivity contribution in [2.24, 2.45) is 56.7 Å². The lowest BCUT2D eigenvalue weighted by Gasteiger charge is -2.73. The van der Waals surface area contributed by atoms with Gasteiger partial charge in [-0.05, 0) is 128 Å². The lowest BCUT2D eigenvalue weighted by molar-refractivity contribution is -0.247. The van der Waals surface area contributed by atoms with E-state index in [1.54, 1.807) is 0 Å². The van der Waals surface area contributed by atoms with Crippen LogP contribution in [-0.2, 0) is 0 Å². The van der Waals surface area contributed by atoms with Crippen LogP contribution in [0.3, 0.4) is 0 Å². The second-order valence-corrected chi connectivity index (χ2v) is 15.7. The standard InChI is InChI=1S/C32H54ClNO/c1-21(2)22-10-15-32(20-34-19-18-33)17-16-30(6)23(27(22)32)8-9-25-29(5)13-12-26(35)28(3,4)24(29)11-14-31(25,30)7/h22-27,34-35H,1,8-20H2,2-7H3/t22-,23+,24-,25+,26-,27+,29-,30+,31+,32+/m0/s1. The molecule has 0 amide bonds. The normalized spacial score (nSPS) is 52.7. The van der Waals surface area contributed by atoms with Crippen LogP contribution in [0.5, 0.6) is 0 Å². The van der Waals surface area contributed by atoms with Crippen LogP contribution in [0.15, 0.2) is 12.2 Å². The molecule has 2 N–H and O–H groups in total. The minimum atomic E-state index is -0.137. The Morgan fingerprint density at radius 1 is 0.886 bits per heavy atom. The van der Waals surface area contributed by atoms with Crippen LogP contribution in [0.1, 0.15) is 106 Å². The van der Waals surface area contributed by atoms with Crippen LogP contribution >= 0.6 is 11.6 Å². The Balaban J connectivity index is 1.51. The Morgan fingerprint density at radius 3 is 2.31 bits per heavy atom. The quantitative estimate of drug-likeness (QED) is 0.227. The first-order chi connectivity index (χ1) is 16.4. The zero-order chi connectivity index (χ0) is 25.4. The van der Waals surface area contributed by atoms with Crippen molar-refractivity contribution in [3.8, 4) is 0 Å². The summed E-state index contributed by atoms with van der Waals surface area (Å²) in [6.45, 7) is 21.8. The second-order valence-electron chi connectivity index (χ2n) is 15.3. The number of fused-ring (bicyclic) bond motifs is 7. The average Bonchev–Trinajstić information content (AvgIpc) is 3.17. The van der Waals surface area contributed by atoms with Gasteiger partial charge in [0.1, 0.15) is 0 Å². The first-order valence-electron chi connectivity index (χ1n) is 15.0. The van der Waals surface area contributed by atoms with Crippen molar-refractivity contribution in [3.63, 3.8) is 0 Å². The highest BCUT2D eigenvalue weighted by molar-refractivity contribution is 6.18. The Hall–Kier alpha value is -0.0500. The maximum Gasteiger partial charge on any atom is 0.0594 e. The van der Waals surface area contributed by atoms with Crippen molar-refractivity contribution in [2.45, 2.75) is 112 Å². The predicted molar refractivity (Wildman–Crippen MR) is 149 cm³/mol. The van der Waals surface area contributed by atoms with E-state index in [9.17, 15) is 5.11 Å². The fraction of sp³-hybridized carbons (Fsp3) is 0.938. The molecule has 0 spiro atoms. The summed E-state index contributed by atoms with van der Waals surface area (Å²) in [5.41, 5.74) is 3.08. The number of rotatable bonds is 5. The molecule has 0 aliphatic heterocycles. The van der Waals surface area contributed by atoms with Gasteiger partial charge in [-0.3, -0.25) is 0 Å². The van der Waals surface area contributed by atoms with Gasteiger partial charge < -0.3 is 10.4 Å². The Morgan fingerprint density at radius 2 is 1.63 bits per heavy atom. The van der Waals surface area contributed by atoms with Gasteiger partial charge in [-0.1, -0.05) is 46.8 Å². The molecule has 0 aromatic heterocycles. The van der Waals surface area contributed by atoms with E-state index < -0.39 is 0 Å². The molecule has 5 aliphatic carbocycles. The predicted octanol–water partition coefficient (Wildman–Crippen LogP) is 7.83. The molecular weight excluding hydrogens is 450 g/mol. The molecule has 0 heterocycles. The summed E-state index contributed by atoms with van der Waals surface area (Å²) in [5, 5.41) is 14.7. The number of alkyl halides is 1. The van der Waals surface area contributed by atoms with Crippen molar-refractivity contribution in [2.75, 3.05) is 19.0 Å². The Labute approximate surface area is 221 Å². The van der Waals surface area contributed by atoms with Gasteiger partial charge in [0.2, 0.25) is 0 Å². The molecule has 10 atom stereocenters. The number of hydrogen-bond donors (Lipinski definition) is 2. The molecule has 0 aromatic rings. The fourth-order valence-corrected chi connectivity index (χ4v) is 12.1. The van der Waals surface area contributed by atoms with Gasteiger partial charge in [0.05, 0.1) is 6.10 Å². The summed E-state index contributed by atoms with van der Waals surface area (Å²) in [4.78, 5) is 0. The van der Waals surface area contributed by atoms with E-state index in [1.165, 1.54) is 63.4 Å². The van der Waals surface area contributed by atoms with Crippen LogP contribution in [0.2, 0.25) is 0 Å². The van der Waals surface area contributed by atoms with Gasteiger partial charge in [0.15, 0.2) is 0 Å². The van der Waals surface area contributed by atoms with E-state index in [1.807, 2.05) is 0 Å². The summed E-state index contributed by atoms with van der Waals surface area (Å²) in [7, 11) is 0. The highest BCUT2D eigenvalue weighted by Crippen LogP contribution is 2.77. The van der Waals surface area contributed by atoms with Gasteiger partial charge in [-0.15, -0.1) is 11.6 Å². The molecule has 5 fully saturated rings. The maximum absolute atomic E-state index is 11.0. The minimum Gasteiger partial charge on any atom is -0.393 e. The number of nitrogens with one attached hydrogen (secondary N) is 1. The molecule has 5 aliphatic rings. The lowest BCUT2D eigenvalue weighted by Crippen LogP contribution is -2.67. The van der Waals surface area contributed by atoms with Crippen molar-refractivity contribution in [1.82, 2.24) is 5.32 Å². The van der Waals surface area contributed by atoms with Crippen LogP contribution in [0.25, 0.3) is 0 Å². The average molecular weight is 504 g/mol. The van der Waals surface area contributed by atoms with E-state index in [0.29, 0.717) is 39.4 Å². The molecule has 35 heavy (non-hydrogen) atoms. The number of aliphatic hydroxyl groups excluding tert-OH is 1. The summed E-state index contributed by atoms with van der Waals surface area (Å²) < 4.78 is 0. The van der Waals surface area contributed by atoms with Crippen LogP contribution in [0.4, 0.5) is 0 Å². The van der Waals surface area contributed by atoms with Gasteiger partial charge in [-0.2, -0.15) is 0 Å². The van der Waals surface area contributed by atoms with E-state index >= 15 is 0 Å². The number of aliphatic hydroxyl groups is 1. The van der Waals surface area contributed by atoms with Crippen molar-refractivity contribution >= 4 is 11.6 Å². The third-order valence-electron chi connectivity index (χ3n) is 14.0. The summed E-state index contributed by atoms with van der Waals surface area (Å²) in [5.74, 6) is 4.41. The van der Waals surface area contributed by atoms with Crippen molar-refractivity contribution in [3.05, 3.63) is 12.2 Å². The monoisotopic (exact) mass is 503 g/mol. The summed E-state index contributed by atoms with van der Waals surface area (Å²) in [6, 6.07) is 0. The lowest BCUT2D eigenvalue weighted by atomic mass is 9.32. The number of hydrogen-bond acceptors (Lipinski definition) is 2. The molecule has 0 radical (unpaired) electrons. The molecule has 0 saturated heterocycles. The first-order valence-corrected chi connectivity index (χ1v) is 15.5. The topological polar surface area (TPSA) is 32.3 Å². The number of halogens is 1. The van der Waals surface area contributed by atoms with Crippen LogP contribution in [-0.4, -0.2) is 30.2 Å². The highest BCUT2D eigenvalue weighted by Gasteiger charge is 2.70. The molecule has 200 valence electrons. The minimum absolute atomic E-state index is 0.0401. The highest BCUT2D eigenvalue weighted by atomic mass is 35.5. The summed E-state index contributed by atoms with van der Waals surface area (Å²) >= 11 is 6.07. The third kappa shape index (κ3) is 3.54. The molecule has 0 bridgehead atoms. The third-order valence-corrected chi connectivity index (χ3v) is 14.2. The molecule has 0 aromatic carbocycles. The van der Waals surface area contributed by atoms with E-state index in [4.69, 9.17) is 11.6 Å². The van der Waals surface area contributed by atoms with Gasteiger partial charge in [-0.25, -0.2) is 0 Å². The number of allylic oxidation sites excluding steroid dienone is 1. The van der Waals surface area contributed by atoms with Gasteiger partial charge in [0, 0.05) is 19.0 Å².